The summed E-state index contributed by atoms with van der Waals surface area (Å²) >= 11 is 0. The lowest BCUT2D eigenvalue weighted by Gasteiger charge is -2.00. The molecular weight excluding hydrogens is 228 g/mol. The van der Waals surface area contributed by atoms with Crippen LogP contribution in [0.4, 0.5) is 0 Å². The maximum absolute atomic E-state index is 4.45. The fourth-order valence-corrected chi connectivity index (χ4v) is 1.97. The van der Waals surface area contributed by atoms with Crippen LogP contribution < -0.4 is 0 Å². The fourth-order valence-electron chi connectivity index (χ4n) is 1.97. The van der Waals surface area contributed by atoms with Gasteiger partial charge >= 0.3 is 0 Å². The third-order valence-corrected chi connectivity index (χ3v) is 2.84. The molecule has 0 unspecified atom stereocenters. The first-order valence-electron chi connectivity index (χ1n) is 5.53. The molecule has 0 spiro atoms. The molecule has 3 aromatic heterocycles. The van der Waals surface area contributed by atoms with Gasteiger partial charge in [0, 0.05) is 0 Å². The van der Waals surface area contributed by atoms with E-state index in [0.29, 0.717) is 11.5 Å². The molecule has 1 aromatic carbocycles. The van der Waals surface area contributed by atoms with E-state index in [2.05, 4.69) is 25.3 Å². The maximum atomic E-state index is 4.45. The van der Waals surface area contributed by atoms with Gasteiger partial charge in [-0.05, 0) is 24.3 Å². The van der Waals surface area contributed by atoms with Crippen molar-refractivity contribution in [2.24, 2.45) is 0 Å². The number of aromatic nitrogens is 6. The first-order chi connectivity index (χ1) is 8.92. The Morgan fingerprint density at radius 3 is 3.00 bits per heavy atom. The molecule has 86 valence electrons. The van der Waals surface area contributed by atoms with E-state index in [1.54, 1.807) is 11.0 Å². The van der Waals surface area contributed by atoms with Gasteiger partial charge in [0.2, 0.25) is 0 Å². The number of benzene rings is 1. The van der Waals surface area contributed by atoms with Crippen LogP contribution >= 0.6 is 0 Å². The smallest absolute Gasteiger partial charge is 0.179 e. The van der Waals surface area contributed by atoms with E-state index in [-0.39, 0.29) is 0 Å². The number of nitrogens with one attached hydrogen (secondary N) is 1. The maximum Gasteiger partial charge on any atom is 0.179 e. The molecular formula is C12H8N6. The summed E-state index contributed by atoms with van der Waals surface area (Å²) in [5.41, 5.74) is 3.36. The van der Waals surface area contributed by atoms with Crippen LogP contribution in [-0.4, -0.2) is 29.9 Å². The van der Waals surface area contributed by atoms with Crippen molar-refractivity contribution in [3.63, 3.8) is 0 Å². The van der Waals surface area contributed by atoms with Crippen molar-refractivity contribution in [2.45, 2.75) is 0 Å². The second-order valence-electron chi connectivity index (χ2n) is 3.93. The molecule has 0 amide bonds. The average Bonchev–Trinajstić information content (AvgIpc) is 3.04. The predicted molar refractivity (Wildman–Crippen MR) is 66.3 cm³/mol. The summed E-state index contributed by atoms with van der Waals surface area (Å²) in [5.74, 6) is 0.711. The van der Waals surface area contributed by atoms with Crippen molar-refractivity contribution < 1.29 is 0 Å². The summed E-state index contributed by atoms with van der Waals surface area (Å²) in [6.07, 6.45) is 1.63. The molecule has 0 atom stereocenters. The molecule has 0 aliphatic heterocycles. The fraction of sp³-hybridized carbons (Fsp3) is 0. The van der Waals surface area contributed by atoms with Gasteiger partial charge in [-0.15, -0.1) is 5.10 Å². The molecule has 3 heterocycles. The van der Waals surface area contributed by atoms with Crippen LogP contribution in [0.25, 0.3) is 28.0 Å². The zero-order chi connectivity index (χ0) is 11.9. The van der Waals surface area contributed by atoms with Crippen molar-refractivity contribution in [1.82, 2.24) is 29.9 Å². The molecule has 0 aliphatic rings. The summed E-state index contributed by atoms with van der Waals surface area (Å²) in [4.78, 5) is 11.6. The molecule has 0 fully saturated rings. The highest BCUT2D eigenvalue weighted by Gasteiger charge is 2.08. The standard InChI is InChI=1S/C12H8N6/c1-2-4-10-8(3-1)16-17-18(10)11-6-5-9-12(15-11)14-7-13-9/h1-7H,(H,13,14,15). The zero-order valence-corrected chi connectivity index (χ0v) is 9.28. The van der Waals surface area contributed by atoms with E-state index in [1.165, 1.54) is 0 Å². The second kappa shape index (κ2) is 3.36. The van der Waals surface area contributed by atoms with Gasteiger partial charge in [0.05, 0.1) is 17.4 Å². The molecule has 0 bridgehead atoms. The third-order valence-electron chi connectivity index (χ3n) is 2.84. The van der Waals surface area contributed by atoms with E-state index < -0.39 is 0 Å². The molecule has 6 heteroatoms. The predicted octanol–water partition coefficient (Wildman–Crippen LogP) is 1.69. The zero-order valence-electron chi connectivity index (χ0n) is 9.28. The molecule has 4 rings (SSSR count). The highest BCUT2D eigenvalue weighted by molar-refractivity contribution is 5.76. The second-order valence-corrected chi connectivity index (χ2v) is 3.93. The monoisotopic (exact) mass is 236 g/mol. The van der Waals surface area contributed by atoms with Crippen molar-refractivity contribution >= 4 is 22.2 Å². The Bertz CT molecular complexity index is 844. The number of hydrogen-bond acceptors (Lipinski definition) is 4. The van der Waals surface area contributed by atoms with Gasteiger partial charge in [-0.25, -0.2) is 9.97 Å². The van der Waals surface area contributed by atoms with Crippen LogP contribution in [0, 0.1) is 0 Å². The Hall–Kier alpha value is -2.76. The number of imidazole rings is 1. The molecule has 0 saturated carbocycles. The normalized spacial score (nSPS) is 11.3. The number of nitrogens with zero attached hydrogens (tertiary/aromatic N) is 5. The van der Waals surface area contributed by atoms with Crippen LogP contribution in [0.3, 0.4) is 0 Å². The highest BCUT2D eigenvalue weighted by atomic mass is 15.4. The van der Waals surface area contributed by atoms with Gasteiger partial charge in [0.25, 0.3) is 0 Å². The lowest BCUT2D eigenvalue weighted by molar-refractivity contribution is 0.804. The first kappa shape index (κ1) is 9.29. The van der Waals surface area contributed by atoms with E-state index in [0.717, 1.165) is 16.6 Å². The third kappa shape index (κ3) is 1.22. The average molecular weight is 236 g/mol. The minimum atomic E-state index is 0.673. The van der Waals surface area contributed by atoms with E-state index in [9.17, 15) is 0 Å². The first-order valence-corrected chi connectivity index (χ1v) is 5.53. The molecule has 1 N–H and O–H groups in total. The van der Waals surface area contributed by atoms with Crippen molar-refractivity contribution in [1.29, 1.82) is 0 Å². The van der Waals surface area contributed by atoms with Gasteiger partial charge in [-0.2, -0.15) is 4.68 Å². The number of pyridine rings is 1. The quantitative estimate of drug-likeness (QED) is 0.546. The summed E-state index contributed by atoms with van der Waals surface area (Å²) in [6, 6.07) is 11.6. The number of para-hydroxylation sites is 1. The van der Waals surface area contributed by atoms with Gasteiger partial charge in [-0.1, -0.05) is 17.3 Å². The van der Waals surface area contributed by atoms with Crippen LogP contribution in [0.5, 0.6) is 0 Å². The molecule has 4 aromatic rings. The van der Waals surface area contributed by atoms with Gasteiger partial charge in [0.15, 0.2) is 11.5 Å². The van der Waals surface area contributed by atoms with Gasteiger partial charge in [-0.3, -0.25) is 0 Å². The van der Waals surface area contributed by atoms with E-state index >= 15 is 0 Å². The van der Waals surface area contributed by atoms with Crippen LogP contribution in [0.1, 0.15) is 0 Å². The summed E-state index contributed by atoms with van der Waals surface area (Å²) in [6.45, 7) is 0. The minimum absolute atomic E-state index is 0.673. The van der Waals surface area contributed by atoms with Crippen molar-refractivity contribution in [2.75, 3.05) is 0 Å². The Morgan fingerprint density at radius 1 is 1.06 bits per heavy atom. The Labute approximate surface area is 101 Å². The number of rotatable bonds is 1. The summed E-state index contributed by atoms with van der Waals surface area (Å²) < 4.78 is 1.71. The molecule has 0 radical (unpaired) electrons. The van der Waals surface area contributed by atoms with Crippen LogP contribution in [0.2, 0.25) is 0 Å². The Morgan fingerprint density at radius 2 is 2.00 bits per heavy atom. The largest absolute Gasteiger partial charge is 0.343 e. The lowest BCUT2D eigenvalue weighted by atomic mass is 10.3. The highest BCUT2D eigenvalue weighted by Crippen LogP contribution is 2.16. The van der Waals surface area contributed by atoms with Crippen LogP contribution in [0.15, 0.2) is 42.7 Å². The Kier molecular flexibility index (Phi) is 1.74. The van der Waals surface area contributed by atoms with E-state index in [4.69, 9.17) is 0 Å². The molecule has 18 heavy (non-hydrogen) atoms. The van der Waals surface area contributed by atoms with Gasteiger partial charge < -0.3 is 4.98 Å². The summed E-state index contributed by atoms with van der Waals surface area (Å²) in [5, 5.41) is 8.23. The Balaban J connectivity index is 2.00. The van der Waals surface area contributed by atoms with Crippen molar-refractivity contribution in [3.8, 4) is 5.82 Å². The van der Waals surface area contributed by atoms with Gasteiger partial charge in [0.1, 0.15) is 5.52 Å². The number of H-pyrrole nitrogens is 1. The lowest BCUT2D eigenvalue weighted by Crippen LogP contribution is -1.99. The topological polar surface area (TPSA) is 72.3 Å². The number of fused-ring (bicyclic) bond motifs is 2. The SMILES string of the molecule is c1ccc2c(c1)nnn2-c1ccc2[nH]cnc2n1. The minimum Gasteiger partial charge on any atom is -0.343 e. The summed E-state index contributed by atoms with van der Waals surface area (Å²) in [7, 11) is 0. The molecule has 0 saturated heterocycles. The number of aromatic amines is 1. The number of hydrogen-bond donors (Lipinski definition) is 1. The van der Waals surface area contributed by atoms with E-state index in [1.807, 2.05) is 36.4 Å². The van der Waals surface area contributed by atoms with Crippen molar-refractivity contribution in [3.05, 3.63) is 42.7 Å². The molecule has 0 aliphatic carbocycles. The van der Waals surface area contributed by atoms with Crippen LogP contribution in [-0.2, 0) is 0 Å². The molecule has 6 nitrogen and oxygen atoms in total.